The molecule has 1 amide bonds. The summed E-state index contributed by atoms with van der Waals surface area (Å²) in [6.07, 6.45) is 1.12. The van der Waals surface area contributed by atoms with Gasteiger partial charge in [0.25, 0.3) is 5.91 Å². The summed E-state index contributed by atoms with van der Waals surface area (Å²) in [4.78, 5) is 14.9. The molecule has 1 aliphatic heterocycles. The number of hydrogen-bond donors (Lipinski definition) is 1. The van der Waals surface area contributed by atoms with Gasteiger partial charge in [-0.05, 0) is 62.4 Å². The van der Waals surface area contributed by atoms with Crippen molar-refractivity contribution < 1.29 is 13.2 Å². The van der Waals surface area contributed by atoms with Crippen molar-refractivity contribution in [2.75, 3.05) is 20.1 Å². The van der Waals surface area contributed by atoms with Crippen LogP contribution in [0, 0.1) is 25.7 Å². The Hall–Kier alpha value is -1.40. The van der Waals surface area contributed by atoms with E-state index in [9.17, 15) is 13.2 Å². The van der Waals surface area contributed by atoms with Gasteiger partial charge in [0.05, 0.1) is 4.90 Å². The van der Waals surface area contributed by atoms with Crippen LogP contribution in [0.4, 0.5) is 0 Å². The minimum atomic E-state index is -3.58. The maximum atomic E-state index is 12.8. The fourth-order valence-corrected chi connectivity index (χ4v) is 4.42. The first-order valence-electron chi connectivity index (χ1n) is 7.99. The molecule has 0 spiro atoms. The number of carbonyl (C=O) groups excluding carboxylic acids is 1. The summed E-state index contributed by atoms with van der Waals surface area (Å²) in [7, 11) is -2.20. The van der Waals surface area contributed by atoms with E-state index in [1.807, 2.05) is 11.8 Å². The number of hydrogen-bond acceptors (Lipinski definition) is 3. The van der Waals surface area contributed by atoms with Crippen LogP contribution in [0.2, 0.25) is 0 Å². The Morgan fingerprint density at radius 3 is 2.26 bits per heavy atom. The Bertz CT molecular complexity index is 703. The van der Waals surface area contributed by atoms with Gasteiger partial charge in [0, 0.05) is 18.7 Å². The number of aryl methyl sites for hydroxylation is 1. The van der Waals surface area contributed by atoms with Gasteiger partial charge in [-0.15, -0.1) is 0 Å². The molecule has 0 aliphatic carbocycles. The van der Waals surface area contributed by atoms with E-state index in [-0.39, 0.29) is 10.8 Å². The second kappa shape index (κ2) is 6.61. The lowest BCUT2D eigenvalue weighted by molar-refractivity contribution is 0.0623. The predicted octanol–water partition coefficient (Wildman–Crippen LogP) is 2.33. The standard InChI is InChI=1S/C17H26N2O3S/c1-11-6-12(2)10-19(9-11)17(20)15-7-13(3)14(4)16(8-15)23(21,22)18-5/h7-8,11-12,18H,6,9-10H2,1-5H3/t11-,12-/m1/s1. The second-order valence-electron chi connectivity index (χ2n) is 6.78. The number of amides is 1. The van der Waals surface area contributed by atoms with Crippen LogP contribution in [0.25, 0.3) is 0 Å². The zero-order valence-electron chi connectivity index (χ0n) is 14.5. The molecule has 23 heavy (non-hydrogen) atoms. The molecule has 1 heterocycles. The molecule has 1 aromatic carbocycles. The number of benzene rings is 1. The van der Waals surface area contributed by atoms with E-state index >= 15 is 0 Å². The molecule has 0 saturated carbocycles. The van der Waals surface area contributed by atoms with E-state index in [4.69, 9.17) is 0 Å². The number of piperidine rings is 1. The van der Waals surface area contributed by atoms with Crippen molar-refractivity contribution in [3.8, 4) is 0 Å². The van der Waals surface area contributed by atoms with Crippen LogP contribution in [0.5, 0.6) is 0 Å². The van der Waals surface area contributed by atoms with Gasteiger partial charge >= 0.3 is 0 Å². The summed E-state index contributed by atoms with van der Waals surface area (Å²) in [5.74, 6) is 0.851. The Morgan fingerprint density at radius 1 is 1.17 bits per heavy atom. The highest BCUT2D eigenvalue weighted by molar-refractivity contribution is 7.89. The van der Waals surface area contributed by atoms with Crippen molar-refractivity contribution in [3.63, 3.8) is 0 Å². The predicted molar refractivity (Wildman–Crippen MR) is 91.0 cm³/mol. The Kier molecular flexibility index (Phi) is 5.16. The molecular formula is C17H26N2O3S. The number of likely N-dealkylation sites (tertiary alicyclic amines) is 1. The molecule has 0 aromatic heterocycles. The highest BCUT2D eigenvalue weighted by Gasteiger charge is 2.27. The lowest BCUT2D eigenvalue weighted by Crippen LogP contribution is -2.42. The van der Waals surface area contributed by atoms with Gasteiger partial charge in [0.2, 0.25) is 10.0 Å². The lowest BCUT2D eigenvalue weighted by Gasteiger charge is -2.35. The average Bonchev–Trinajstić information content (AvgIpc) is 2.47. The Labute approximate surface area is 139 Å². The monoisotopic (exact) mass is 338 g/mol. The second-order valence-corrected chi connectivity index (χ2v) is 8.63. The summed E-state index contributed by atoms with van der Waals surface area (Å²) >= 11 is 0. The third kappa shape index (κ3) is 3.75. The molecule has 1 aromatic rings. The van der Waals surface area contributed by atoms with E-state index in [1.54, 1.807) is 13.0 Å². The van der Waals surface area contributed by atoms with Gasteiger partial charge in [-0.2, -0.15) is 0 Å². The number of nitrogens with zero attached hydrogens (tertiary/aromatic N) is 1. The zero-order valence-corrected chi connectivity index (χ0v) is 15.3. The van der Waals surface area contributed by atoms with Crippen LogP contribution in [-0.2, 0) is 10.0 Å². The molecule has 1 fully saturated rings. The highest BCUT2D eigenvalue weighted by Crippen LogP contribution is 2.25. The number of nitrogens with one attached hydrogen (secondary N) is 1. The summed E-state index contributed by atoms with van der Waals surface area (Å²) in [6, 6.07) is 3.29. The molecule has 1 N–H and O–H groups in total. The van der Waals surface area contributed by atoms with Crippen LogP contribution in [0.1, 0.15) is 41.8 Å². The van der Waals surface area contributed by atoms with Crippen LogP contribution >= 0.6 is 0 Å². The van der Waals surface area contributed by atoms with E-state index < -0.39 is 10.0 Å². The molecule has 2 rings (SSSR count). The molecule has 0 radical (unpaired) electrons. The molecule has 0 unspecified atom stereocenters. The number of carbonyl (C=O) groups is 1. The lowest BCUT2D eigenvalue weighted by atomic mass is 9.91. The topological polar surface area (TPSA) is 66.5 Å². The molecule has 6 heteroatoms. The van der Waals surface area contributed by atoms with Gasteiger partial charge in [0.15, 0.2) is 0 Å². The van der Waals surface area contributed by atoms with E-state index in [0.717, 1.165) is 25.1 Å². The van der Waals surface area contributed by atoms with Crippen molar-refractivity contribution in [2.45, 2.75) is 39.0 Å². The van der Waals surface area contributed by atoms with E-state index in [0.29, 0.717) is 23.0 Å². The molecule has 5 nitrogen and oxygen atoms in total. The summed E-state index contributed by atoms with van der Waals surface area (Å²) in [5, 5.41) is 0. The molecule has 0 bridgehead atoms. The van der Waals surface area contributed by atoms with Crippen LogP contribution < -0.4 is 4.72 Å². The zero-order chi connectivity index (χ0) is 17.4. The normalized spacial score (nSPS) is 22.2. The van der Waals surface area contributed by atoms with Gasteiger partial charge in [0.1, 0.15) is 0 Å². The first-order chi connectivity index (χ1) is 10.7. The Morgan fingerprint density at radius 2 is 1.74 bits per heavy atom. The quantitative estimate of drug-likeness (QED) is 0.920. The van der Waals surface area contributed by atoms with E-state index in [2.05, 4.69) is 18.6 Å². The third-order valence-corrected chi connectivity index (χ3v) is 6.12. The van der Waals surface area contributed by atoms with Gasteiger partial charge < -0.3 is 4.90 Å². The first kappa shape index (κ1) is 17.9. The SMILES string of the molecule is CNS(=O)(=O)c1cc(C(=O)N2C[C@H](C)C[C@@H](C)C2)cc(C)c1C. The van der Waals surface area contributed by atoms with Crippen LogP contribution in [0.15, 0.2) is 17.0 Å². The smallest absolute Gasteiger partial charge is 0.253 e. The van der Waals surface area contributed by atoms with Gasteiger partial charge in [-0.1, -0.05) is 13.8 Å². The maximum Gasteiger partial charge on any atom is 0.253 e. The number of rotatable bonds is 3. The van der Waals surface area contributed by atoms with Crippen LogP contribution in [-0.4, -0.2) is 39.4 Å². The molecule has 128 valence electrons. The van der Waals surface area contributed by atoms with Crippen LogP contribution in [0.3, 0.4) is 0 Å². The molecule has 2 atom stereocenters. The molecule has 1 saturated heterocycles. The largest absolute Gasteiger partial charge is 0.338 e. The molecule has 1 aliphatic rings. The molecular weight excluding hydrogens is 312 g/mol. The van der Waals surface area contributed by atoms with Crippen molar-refractivity contribution >= 4 is 15.9 Å². The van der Waals surface area contributed by atoms with Crippen molar-refractivity contribution in [3.05, 3.63) is 28.8 Å². The minimum absolute atomic E-state index is 0.0842. The fraction of sp³-hybridized carbons (Fsp3) is 0.588. The van der Waals surface area contributed by atoms with Crippen molar-refractivity contribution in [2.24, 2.45) is 11.8 Å². The summed E-state index contributed by atoms with van der Waals surface area (Å²) in [5.41, 5.74) is 1.93. The van der Waals surface area contributed by atoms with E-state index in [1.165, 1.54) is 13.1 Å². The summed E-state index contributed by atoms with van der Waals surface area (Å²) in [6.45, 7) is 9.34. The van der Waals surface area contributed by atoms with Crippen molar-refractivity contribution in [1.82, 2.24) is 9.62 Å². The summed E-state index contributed by atoms with van der Waals surface area (Å²) < 4.78 is 26.7. The minimum Gasteiger partial charge on any atom is -0.338 e. The first-order valence-corrected chi connectivity index (χ1v) is 9.48. The third-order valence-electron chi connectivity index (χ3n) is 4.58. The number of sulfonamides is 1. The highest BCUT2D eigenvalue weighted by atomic mass is 32.2. The van der Waals surface area contributed by atoms with Crippen molar-refractivity contribution in [1.29, 1.82) is 0 Å². The van der Waals surface area contributed by atoms with Gasteiger partial charge in [-0.25, -0.2) is 13.1 Å². The maximum absolute atomic E-state index is 12.8. The average molecular weight is 338 g/mol. The van der Waals surface area contributed by atoms with Gasteiger partial charge in [-0.3, -0.25) is 4.79 Å². The fourth-order valence-electron chi connectivity index (χ4n) is 3.35. The Balaban J connectivity index is 2.42.